The first-order valence-corrected chi connectivity index (χ1v) is 14.7. The first-order valence-electron chi connectivity index (χ1n) is 14.7. The van der Waals surface area contributed by atoms with E-state index in [0.29, 0.717) is 35.8 Å². The molecule has 0 aliphatic heterocycles. The zero-order chi connectivity index (χ0) is 30.8. The normalized spacial score (nSPS) is 14.7. The number of pyridine rings is 1. The molecule has 1 saturated carbocycles. The number of halogens is 1. The summed E-state index contributed by atoms with van der Waals surface area (Å²) >= 11 is 0. The standard InChI is InChI=1S/C34H39FN6O2/c1-22-17-30(41(40-22)27-9-5-7-24(18-27)20-36)31(42)38-29-19-25(12-13-28(29)35)34(15-14-23-10-11-23,26-8-6-16-37-21-26)39-32(43)33(2,3)4/h5-9,12-13,16-19,21,23H,10-11,14-15,20,36H2,1-4H3,(H,38,42)(H,39,43). The Hall–Kier alpha value is -4.37. The molecule has 0 spiro atoms. The minimum absolute atomic E-state index is 0.00769. The molecule has 0 saturated heterocycles. The van der Waals surface area contributed by atoms with E-state index in [1.807, 2.05) is 57.2 Å². The third-order valence-corrected chi connectivity index (χ3v) is 7.95. The second-order valence-electron chi connectivity index (χ2n) is 12.4. The van der Waals surface area contributed by atoms with Crippen LogP contribution >= 0.6 is 0 Å². The molecule has 1 atom stereocenters. The Morgan fingerprint density at radius 1 is 1.05 bits per heavy atom. The van der Waals surface area contributed by atoms with Crippen molar-refractivity contribution in [2.75, 3.05) is 5.32 Å². The quantitative estimate of drug-likeness (QED) is 0.212. The van der Waals surface area contributed by atoms with Gasteiger partial charge in [-0.2, -0.15) is 5.10 Å². The van der Waals surface area contributed by atoms with Crippen LogP contribution in [0.15, 0.2) is 73.1 Å². The zero-order valence-corrected chi connectivity index (χ0v) is 25.2. The molecule has 1 unspecified atom stereocenters. The van der Waals surface area contributed by atoms with Crippen LogP contribution in [0, 0.1) is 24.1 Å². The first kappa shape index (κ1) is 30.1. The van der Waals surface area contributed by atoms with E-state index in [4.69, 9.17) is 5.73 Å². The first-order chi connectivity index (χ1) is 20.5. The predicted molar refractivity (Wildman–Crippen MR) is 165 cm³/mol. The summed E-state index contributed by atoms with van der Waals surface area (Å²) in [6, 6.07) is 17.5. The topological polar surface area (TPSA) is 115 Å². The third kappa shape index (κ3) is 6.67. The van der Waals surface area contributed by atoms with Crippen LogP contribution in [-0.2, 0) is 16.9 Å². The number of hydrogen-bond acceptors (Lipinski definition) is 5. The van der Waals surface area contributed by atoms with E-state index in [-0.39, 0.29) is 17.3 Å². The largest absolute Gasteiger partial charge is 0.342 e. The molecule has 2 aromatic carbocycles. The van der Waals surface area contributed by atoms with Gasteiger partial charge in [-0.1, -0.05) is 57.9 Å². The van der Waals surface area contributed by atoms with E-state index in [2.05, 4.69) is 20.7 Å². The molecular formula is C34H39FN6O2. The summed E-state index contributed by atoms with van der Waals surface area (Å²) < 4.78 is 16.9. The fourth-order valence-electron chi connectivity index (χ4n) is 5.23. The van der Waals surface area contributed by atoms with Crippen LogP contribution in [0.4, 0.5) is 10.1 Å². The molecule has 1 aliphatic carbocycles. The number of aromatic nitrogens is 3. The fourth-order valence-corrected chi connectivity index (χ4v) is 5.23. The van der Waals surface area contributed by atoms with Gasteiger partial charge in [0.1, 0.15) is 11.5 Å². The Morgan fingerprint density at radius 2 is 1.84 bits per heavy atom. The van der Waals surface area contributed by atoms with Gasteiger partial charge in [0.15, 0.2) is 0 Å². The van der Waals surface area contributed by atoms with Crippen molar-refractivity contribution in [3.05, 3.63) is 107 Å². The average molecular weight is 583 g/mol. The molecular weight excluding hydrogens is 543 g/mol. The number of hydrogen-bond donors (Lipinski definition) is 3. The number of nitrogens with two attached hydrogens (primary N) is 1. The lowest BCUT2D eigenvalue weighted by Gasteiger charge is -2.38. The van der Waals surface area contributed by atoms with Crippen LogP contribution in [-0.4, -0.2) is 26.6 Å². The summed E-state index contributed by atoms with van der Waals surface area (Å²) in [6.45, 7) is 7.73. The minimum atomic E-state index is -0.977. The van der Waals surface area contributed by atoms with Crippen molar-refractivity contribution in [3.8, 4) is 5.69 Å². The van der Waals surface area contributed by atoms with Crippen LogP contribution in [0.5, 0.6) is 0 Å². The summed E-state index contributed by atoms with van der Waals surface area (Å²) in [7, 11) is 0. The van der Waals surface area contributed by atoms with Gasteiger partial charge in [-0.15, -0.1) is 0 Å². The lowest BCUT2D eigenvalue weighted by molar-refractivity contribution is -0.130. The highest BCUT2D eigenvalue weighted by Crippen LogP contribution is 2.42. The van der Waals surface area contributed by atoms with Crippen LogP contribution in [0.1, 0.15) is 79.3 Å². The summed E-state index contributed by atoms with van der Waals surface area (Å²) in [6.07, 6.45) is 7.23. The number of carbonyl (C=O) groups is 2. The van der Waals surface area contributed by atoms with E-state index >= 15 is 4.39 Å². The molecule has 43 heavy (non-hydrogen) atoms. The Balaban J connectivity index is 1.55. The maximum absolute atomic E-state index is 15.4. The summed E-state index contributed by atoms with van der Waals surface area (Å²) in [5.74, 6) is -0.655. The second-order valence-corrected chi connectivity index (χ2v) is 12.4. The van der Waals surface area contributed by atoms with Crippen LogP contribution in [0.25, 0.3) is 5.69 Å². The van der Waals surface area contributed by atoms with Crippen molar-refractivity contribution in [1.82, 2.24) is 20.1 Å². The summed E-state index contributed by atoms with van der Waals surface area (Å²) in [4.78, 5) is 31.5. The van der Waals surface area contributed by atoms with Crippen LogP contribution < -0.4 is 16.4 Å². The van der Waals surface area contributed by atoms with Crippen molar-refractivity contribution in [2.24, 2.45) is 17.1 Å². The van der Waals surface area contributed by atoms with Gasteiger partial charge in [0.25, 0.3) is 5.91 Å². The van der Waals surface area contributed by atoms with Crippen molar-refractivity contribution in [2.45, 2.75) is 65.5 Å². The number of amides is 2. The smallest absolute Gasteiger partial charge is 0.274 e. The molecule has 1 fully saturated rings. The Labute approximate surface area is 251 Å². The molecule has 8 nitrogen and oxygen atoms in total. The molecule has 4 aromatic rings. The predicted octanol–water partition coefficient (Wildman–Crippen LogP) is 6.02. The minimum Gasteiger partial charge on any atom is -0.342 e. The maximum Gasteiger partial charge on any atom is 0.274 e. The number of anilines is 1. The lowest BCUT2D eigenvalue weighted by atomic mass is 9.77. The van der Waals surface area contributed by atoms with E-state index < -0.39 is 22.7 Å². The Morgan fingerprint density at radius 3 is 2.51 bits per heavy atom. The van der Waals surface area contributed by atoms with Crippen LogP contribution in [0.2, 0.25) is 0 Å². The zero-order valence-electron chi connectivity index (χ0n) is 25.2. The molecule has 2 aromatic heterocycles. The molecule has 4 N–H and O–H groups in total. The fraction of sp³-hybridized carbons (Fsp3) is 0.353. The molecule has 9 heteroatoms. The molecule has 1 aliphatic rings. The van der Waals surface area contributed by atoms with Crippen molar-refractivity contribution in [1.29, 1.82) is 0 Å². The van der Waals surface area contributed by atoms with Crippen molar-refractivity contribution < 1.29 is 14.0 Å². The maximum atomic E-state index is 15.4. The summed E-state index contributed by atoms with van der Waals surface area (Å²) in [5.41, 5.74) is 8.11. The molecule has 0 bridgehead atoms. The van der Waals surface area contributed by atoms with E-state index in [1.54, 1.807) is 37.5 Å². The molecule has 224 valence electrons. The third-order valence-electron chi connectivity index (χ3n) is 7.95. The number of benzene rings is 2. The van der Waals surface area contributed by atoms with E-state index in [1.165, 1.54) is 10.7 Å². The number of carbonyl (C=O) groups excluding carboxylic acids is 2. The van der Waals surface area contributed by atoms with E-state index in [9.17, 15) is 9.59 Å². The Kier molecular flexibility index (Phi) is 8.46. The summed E-state index contributed by atoms with van der Waals surface area (Å²) in [5, 5.41) is 10.6. The van der Waals surface area contributed by atoms with Gasteiger partial charge in [-0.05, 0) is 73.2 Å². The van der Waals surface area contributed by atoms with Crippen LogP contribution in [0.3, 0.4) is 0 Å². The van der Waals surface area contributed by atoms with Crippen molar-refractivity contribution in [3.63, 3.8) is 0 Å². The molecule has 0 radical (unpaired) electrons. The highest BCUT2D eigenvalue weighted by Gasteiger charge is 2.40. The highest BCUT2D eigenvalue weighted by molar-refractivity contribution is 6.03. The van der Waals surface area contributed by atoms with Gasteiger partial charge in [-0.3, -0.25) is 14.6 Å². The number of nitrogens with zero attached hydrogens (tertiary/aromatic N) is 3. The Bertz CT molecular complexity index is 1620. The SMILES string of the molecule is Cc1cc(C(=O)Nc2cc(C(CCC3CC3)(NC(=O)C(C)(C)C)c3cccnc3)ccc2F)n(-c2cccc(CN)c2)n1. The second kappa shape index (κ2) is 12.1. The van der Waals surface area contributed by atoms with Gasteiger partial charge < -0.3 is 16.4 Å². The molecule has 2 heterocycles. The lowest BCUT2D eigenvalue weighted by Crippen LogP contribution is -2.50. The average Bonchev–Trinajstić information content (AvgIpc) is 3.74. The van der Waals surface area contributed by atoms with Gasteiger partial charge in [-0.25, -0.2) is 9.07 Å². The highest BCUT2D eigenvalue weighted by atomic mass is 19.1. The number of aryl methyl sites for hydroxylation is 1. The molecule has 2 amide bonds. The number of rotatable bonds is 10. The van der Waals surface area contributed by atoms with Gasteiger partial charge >= 0.3 is 0 Å². The van der Waals surface area contributed by atoms with Crippen molar-refractivity contribution >= 4 is 17.5 Å². The van der Waals surface area contributed by atoms with Gasteiger partial charge in [0.05, 0.1) is 22.6 Å². The monoisotopic (exact) mass is 582 g/mol. The van der Waals surface area contributed by atoms with Gasteiger partial charge in [0.2, 0.25) is 5.91 Å². The van der Waals surface area contributed by atoms with Gasteiger partial charge in [0, 0.05) is 29.9 Å². The number of nitrogens with one attached hydrogen (secondary N) is 2. The molecule has 5 rings (SSSR count). The van der Waals surface area contributed by atoms with E-state index in [0.717, 1.165) is 30.4 Å².